The minimum Gasteiger partial charge on any atom is -0.335 e. The Morgan fingerprint density at radius 2 is 1.97 bits per heavy atom. The minimum atomic E-state index is -0.106. The molecule has 0 unspecified atom stereocenters. The predicted molar refractivity (Wildman–Crippen MR) is 140 cm³/mol. The van der Waals surface area contributed by atoms with Gasteiger partial charge in [-0.1, -0.05) is 6.07 Å². The molecule has 178 valence electrons. The lowest BCUT2D eigenvalue weighted by Crippen LogP contribution is -2.27. The van der Waals surface area contributed by atoms with Gasteiger partial charge < -0.3 is 15.2 Å². The molecule has 0 radical (unpaired) electrons. The largest absolute Gasteiger partial charge is 0.335 e. The summed E-state index contributed by atoms with van der Waals surface area (Å²) < 4.78 is 0. The number of aromatic amines is 2. The van der Waals surface area contributed by atoms with Crippen molar-refractivity contribution >= 4 is 45.1 Å². The number of pyridine rings is 3. The summed E-state index contributed by atoms with van der Waals surface area (Å²) in [5.74, 6) is 0.524. The molecule has 0 fully saturated rings. The molecule has 6 aromatic rings. The Bertz CT molecular complexity index is 1700. The number of H-pyrrole nitrogens is 2. The Morgan fingerprint density at radius 3 is 2.81 bits per heavy atom. The summed E-state index contributed by atoms with van der Waals surface area (Å²) in [6.07, 6.45) is 6.87. The van der Waals surface area contributed by atoms with E-state index in [4.69, 9.17) is 4.98 Å². The standard InChI is InChI=1S/C25H21N9OS/c1-34(2)13-20(35)29-16-8-14(10-26-12-16)15-9-18-22(32-33-23(18)28-11-15)25-30-21-17(19-4-3-7-36-19)5-6-27-24(21)31-25/h3-12H,13H2,1-2H3,(H,29,35)(H,27,30,31)(H,28,32,33). The van der Waals surface area contributed by atoms with E-state index >= 15 is 0 Å². The lowest BCUT2D eigenvalue weighted by molar-refractivity contribution is -0.116. The van der Waals surface area contributed by atoms with E-state index in [1.165, 1.54) is 0 Å². The Hall–Kier alpha value is -4.48. The topological polar surface area (TPSA) is 128 Å². The number of rotatable bonds is 6. The van der Waals surface area contributed by atoms with Crippen LogP contribution in [0, 0.1) is 0 Å². The van der Waals surface area contributed by atoms with Gasteiger partial charge in [0.2, 0.25) is 5.91 Å². The Kier molecular flexibility index (Phi) is 5.47. The summed E-state index contributed by atoms with van der Waals surface area (Å²) in [6, 6.07) is 9.95. The van der Waals surface area contributed by atoms with Crippen LogP contribution < -0.4 is 5.32 Å². The first-order chi connectivity index (χ1) is 17.5. The first-order valence-electron chi connectivity index (χ1n) is 11.2. The first-order valence-corrected chi connectivity index (χ1v) is 12.1. The zero-order valence-electron chi connectivity index (χ0n) is 19.5. The number of anilines is 1. The number of amides is 1. The molecular weight excluding hydrogens is 474 g/mol. The van der Waals surface area contributed by atoms with Crippen molar-refractivity contribution in [2.24, 2.45) is 0 Å². The van der Waals surface area contributed by atoms with Gasteiger partial charge >= 0.3 is 0 Å². The molecule has 6 aromatic heterocycles. The SMILES string of the molecule is CN(C)CC(=O)Nc1cncc(-c2cnc3n[nH]c(-c4nc5nccc(-c6cccs6)c5[nH]4)c3c2)c1. The minimum absolute atomic E-state index is 0.106. The monoisotopic (exact) mass is 495 g/mol. The molecule has 6 heterocycles. The molecule has 0 saturated carbocycles. The first kappa shape index (κ1) is 22.0. The molecule has 0 spiro atoms. The summed E-state index contributed by atoms with van der Waals surface area (Å²) in [5, 5.41) is 13.2. The molecule has 0 bridgehead atoms. The molecule has 0 aliphatic heterocycles. The molecule has 10 nitrogen and oxygen atoms in total. The molecule has 1 amide bonds. The van der Waals surface area contributed by atoms with Crippen LogP contribution in [-0.4, -0.2) is 66.6 Å². The highest BCUT2D eigenvalue weighted by molar-refractivity contribution is 7.13. The van der Waals surface area contributed by atoms with E-state index in [0.717, 1.165) is 38.2 Å². The van der Waals surface area contributed by atoms with Crippen LogP contribution in [0.1, 0.15) is 0 Å². The van der Waals surface area contributed by atoms with E-state index < -0.39 is 0 Å². The van der Waals surface area contributed by atoms with Gasteiger partial charge in [0.05, 0.1) is 29.3 Å². The predicted octanol–water partition coefficient (Wildman–Crippen LogP) is 4.19. The van der Waals surface area contributed by atoms with Crippen LogP contribution >= 0.6 is 11.3 Å². The van der Waals surface area contributed by atoms with E-state index in [1.807, 2.05) is 48.6 Å². The van der Waals surface area contributed by atoms with Gasteiger partial charge in [0.1, 0.15) is 5.69 Å². The molecule has 3 N–H and O–H groups in total. The lowest BCUT2D eigenvalue weighted by Gasteiger charge is -2.10. The van der Waals surface area contributed by atoms with Crippen LogP contribution in [-0.2, 0) is 4.79 Å². The van der Waals surface area contributed by atoms with Crippen molar-refractivity contribution in [3.8, 4) is 33.1 Å². The zero-order valence-corrected chi connectivity index (χ0v) is 20.3. The van der Waals surface area contributed by atoms with Gasteiger partial charge in [-0.2, -0.15) is 5.10 Å². The van der Waals surface area contributed by atoms with Gasteiger partial charge in [-0.25, -0.2) is 15.0 Å². The molecule has 0 atom stereocenters. The average Bonchev–Trinajstić information content (AvgIpc) is 3.62. The molecule has 36 heavy (non-hydrogen) atoms. The third kappa shape index (κ3) is 4.10. The van der Waals surface area contributed by atoms with Crippen LogP contribution in [0.15, 0.2) is 60.5 Å². The molecule has 0 aromatic carbocycles. The quantitative estimate of drug-likeness (QED) is 0.316. The number of hydrogen-bond donors (Lipinski definition) is 3. The van der Waals surface area contributed by atoms with Crippen LogP contribution in [0.4, 0.5) is 5.69 Å². The molecule has 0 aliphatic rings. The molecule has 11 heteroatoms. The van der Waals surface area contributed by atoms with E-state index in [0.29, 0.717) is 22.8 Å². The van der Waals surface area contributed by atoms with Gasteiger partial charge in [0, 0.05) is 40.2 Å². The highest BCUT2D eigenvalue weighted by Gasteiger charge is 2.17. The number of nitrogens with one attached hydrogen (secondary N) is 3. The number of carbonyl (C=O) groups is 1. The second kappa shape index (κ2) is 8.95. The molecule has 0 aliphatic carbocycles. The summed E-state index contributed by atoms with van der Waals surface area (Å²) in [4.78, 5) is 36.5. The Balaban J connectivity index is 1.38. The van der Waals surface area contributed by atoms with Crippen LogP contribution in [0.2, 0.25) is 0 Å². The normalized spacial score (nSPS) is 11.5. The van der Waals surface area contributed by atoms with Crippen molar-refractivity contribution in [2.75, 3.05) is 26.0 Å². The summed E-state index contributed by atoms with van der Waals surface area (Å²) in [6.45, 7) is 0.288. The molecule has 0 saturated heterocycles. The smallest absolute Gasteiger partial charge is 0.238 e. The van der Waals surface area contributed by atoms with Gasteiger partial charge in [-0.3, -0.25) is 14.9 Å². The highest BCUT2D eigenvalue weighted by Crippen LogP contribution is 2.33. The van der Waals surface area contributed by atoms with Crippen LogP contribution in [0.3, 0.4) is 0 Å². The maximum Gasteiger partial charge on any atom is 0.238 e. The second-order valence-corrected chi connectivity index (χ2v) is 9.51. The number of aromatic nitrogens is 7. The number of likely N-dealkylation sites (N-methyl/N-ethyl adjacent to an activating group) is 1. The van der Waals surface area contributed by atoms with Gasteiger partial charge in [0.25, 0.3) is 0 Å². The summed E-state index contributed by atoms with van der Waals surface area (Å²) in [7, 11) is 3.69. The second-order valence-electron chi connectivity index (χ2n) is 8.56. The van der Waals surface area contributed by atoms with Gasteiger partial charge in [0.15, 0.2) is 17.1 Å². The number of thiophene rings is 1. The fourth-order valence-corrected chi connectivity index (χ4v) is 4.82. The number of nitrogens with zero attached hydrogens (tertiary/aromatic N) is 6. The maximum absolute atomic E-state index is 12.2. The van der Waals surface area contributed by atoms with Crippen LogP contribution in [0.5, 0.6) is 0 Å². The van der Waals surface area contributed by atoms with E-state index in [1.54, 1.807) is 36.1 Å². The van der Waals surface area contributed by atoms with Gasteiger partial charge in [-0.05, 0) is 43.7 Å². The third-order valence-electron chi connectivity index (χ3n) is 5.64. The van der Waals surface area contributed by atoms with Crippen LogP contribution in [0.25, 0.3) is 55.3 Å². The lowest BCUT2D eigenvalue weighted by atomic mass is 10.1. The average molecular weight is 496 g/mol. The van der Waals surface area contributed by atoms with Gasteiger partial charge in [-0.15, -0.1) is 11.3 Å². The van der Waals surface area contributed by atoms with Crippen molar-refractivity contribution in [3.05, 3.63) is 60.5 Å². The number of imidazole rings is 1. The molecular formula is C25H21N9OS. The van der Waals surface area contributed by atoms with Crippen molar-refractivity contribution in [1.82, 2.24) is 40.0 Å². The van der Waals surface area contributed by atoms with E-state index in [-0.39, 0.29) is 12.5 Å². The fourth-order valence-electron chi connectivity index (χ4n) is 4.06. The van der Waals surface area contributed by atoms with E-state index in [9.17, 15) is 4.79 Å². The molecule has 6 rings (SSSR count). The Morgan fingerprint density at radius 1 is 1.08 bits per heavy atom. The third-order valence-corrected chi connectivity index (χ3v) is 6.54. The summed E-state index contributed by atoms with van der Waals surface area (Å²) >= 11 is 1.67. The fraction of sp³-hybridized carbons (Fsp3) is 0.120. The Labute approximate surface area is 209 Å². The summed E-state index contributed by atoms with van der Waals surface area (Å²) in [5.41, 5.74) is 6.13. The number of fused-ring (bicyclic) bond motifs is 2. The zero-order chi connectivity index (χ0) is 24.6. The maximum atomic E-state index is 12.2. The van der Waals surface area contributed by atoms with E-state index in [2.05, 4.69) is 41.5 Å². The number of carbonyl (C=O) groups excluding carboxylic acids is 1. The van der Waals surface area contributed by atoms with Crippen molar-refractivity contribution in [1.29, 1.82) is 0 Å². The van der Waals surface area contributed by atoms with Crippen molar-refractivity contribution in [3.63, 3.8) is 0 Å². The number of hydrogen-bond acceptors (Lipinski definition) is 8. The highest BCUT2D eigenvalue weighted by atomic mass is 32.1. The van der Waals surface area contributed by atoms with Crippen molar-refractivity contribution in [2.45, 2.75) is 0 Å². The van der Waals surface area contributed by atoms with Crippen molar-refractivity contribution < 1.29 is 4.79 Å².